The van der Waals surface area contributed by atoms with Crippen LogP contribution >= 0.6 is 10.7 Å². The topological polar surface area (TPSA) is 60.4 Å². The highest BCUT2D eigenvalue weighted by molar-refractivity contribution is 8.13. The fourth-order valence-electron chi connectivity index (χ4n) is 1.55. The summed E-state index contributed by atoms with van der Waals surface area (Å²) in [6.07, 6.45) is -0.251. The smallest absolute Gasteiger partial charge is 0.338 e. The van der Waals surface area contributed by atoms with E-state index in [4.69, 9.17) is 15.4 Å². The third-order valence-electron chi connectivity index (χ3n) is 3.37. The van der Waals surface area contributed by atoms with Crippen molar-refractivity contribution >= 4 is 25.7 Å². The second-order valence-electron chi connectivity index (χ2n) is 5.21. The van der Waals surface area contributed by atoms with Crippen LogP contribution in [0.1, 0.15) is 42.3 Å². The zero-order valence-corrected chi connectivity index (χ0v) is 13.8. The average Bonchev–Trinajstić information content (AvgIpc) is 2.30. The third-order valence-corrected chi connectivity index (χ3v) is 4.71. The van der Waals surface area contributed by atoms with Crippen LogP contribution < -0.4 is 0 Å². The molecule has 1 aromatic carbocycles. The summed E-state index contributed by atoms with van der Waals surface area (Å²) in [5.74, 6) is -0.353. The van der Waals surface area contributed by atoms with E-state index < -0.39 is 15.0 Å². The first kappa shape index (κ1) is 17.0. The Morgan fingerprint density at radius 1 is 1.20 bits per heavy atom. The van der Waals surface area contributed by atoms with E-state index >= 15 is 0 Å². The number of benzene rings is 1. The number of hydrogen-bond donors (Lipinski definition) is 0. The first-order chi connectivity index (χ1) is 9.04. The van der Waals surface area contributed by atoms with Crippen molar-refractivity contribution in [2.24, 2.45) is 5.92 Å². The molecule has 0 aliphatic rings. The standard InChI is InChI=1S/C14H19ClO4S/c1-8(2)11(5)19-14(16)13-7-12(20(15,17)18)6-9(3)10(13)4/h6-8,11H,1-5H3. The van der Waals surface area contributed by atoms with Gasteiger partial charge in [0.25, 0.3) is 9.05 Å². The molecule has 4 nitrogen and oxygen atoms in total. The van der Waals surface area contributed by atoms with Gasteiger partial charge in [0.2, 0.25) is 0 Å². The van der Waals surface area contributed by atoms with Crippen molar-refractivity contribution in [3.05, 3.63) is 28.8 Å². The Morgan fingerprint density at radius 3 is 2.20 bits per heavy atom. The summed E-state index contributed by atoms with van der Waals surface area (Å²) in [4.78, 5) is 12.1. The molecule has 0 saturated carbocycles. The molecule has 1 rings (SSSR count). The molecule has 0 spiro atoms. The molecule has 0 fully saturated rings. The Bertz CT molecular complexity index is 620. The monoisotopic (exact) mass is 318 g/mol. The molecule has 1 unspecified atom stereocenters. The zero-order valence-electron chi connectivity index (χ0n) is 12.2. The summed E-state index contributed by atoms with van der Waals surface area (Å²) in [7, 11) is 1.46. The predicted molar refractivity (Wildman–Crippen MR) is 78.7 cm³/mol. The Hall–Kier alpha value is -1.07. The van der Waals surface area contributed by atoms with Gasteiger partial charge in [0.05, 0.1) is 10.5 Å². The molecule has 0 aromatic heterocycles. The quantitative estimate of drug-likeness (QED) is 0.630. The second-order valence-corrected chi connectivity index (χ2v) is 7.77. The van der Waals surface area contributed by atoms with Gasteiger partial charge in [-0.3, -0.25) is 0 Å². The number of carbonyl (C=O) groups excluding carboxylic acids is 1. The van der Waals surface area contributed by atoms with Crippen LogP contribution in [-0.4, -0.2) is 20.5 Å². The lowest BCUT2D eigenvalue weighted by molar-refractivity contribution is 0.0237. The van der Waals surface area contributed by atoms with Crippen LogP contribution in [0.5, 0.6) is 0 Å². The SMILES string of the molecule is Cc1cc(S(=O)(=O)Cl)cc(C(=O)OC(C)C(C)C)c1C. The lowest BCUT2D eigenvalue weighted by Crippen LogP contribution is -2.21. The molecule has 0 radical (unpaired) electrons. The Labute approximate surface area is 124 Å². The summed E-state index contributed by atoms with van der Waals surface area (Å²) in [6.45, 7) is 9.15. The van der Waals surface area contributed by atoms with E-state index in [9.17, 15) is 13.2 Å². The number of halogens is 1. The van der Waals surface area contributed by atoms with Crippen molar-refractivity contribution in [2.45, 2.75) is 45.6 Å². The minimum absolute atomic E-state index is 0.0913. The van der Waals surface area contributed by atoms with Crippen molar-refractivity contribution in [2.75, 3.05) is 0 Å². The van der Waals surface area contributed by atoms with Gasteiger partial charge in [-0.25, -0.2) is 13.2 Å². The molecule has 0 bridgehead atoms. The van der Waals surface area contributed by atoms with Crippen LogP contribution in [0.25, 0.3) is 0 Å². The highest BCUT2D eigenvalue weighted by Crippen LogP contribution is 2.24. The van der Waals surface area contributed by atoms with Gasteiger partial charge in [-0.2, -0.15) is 0 Å². The van der Waals surface area contributed by atoms with Crippen molar-refractivity contribution in [3.63, 3.8) is 0 Å². The number of carbonyl (C=O) groups is 1. The lowest BCUT2D eigenvalue weighted by atomic mass is 10.0. The van der Waals surface area contributed by atoms with Gasteiger partial charge >= 0.3 is 5.97 Å². The van der Waals surface area contributed by atoms with Crippen LogP contribution in [0.15, 0.2) is 17.0 Å². The molecule has 1 aromatic rings. The molecule has 20 heavy (non-hydrogen) atoms. The second kappa shape index (κ2) is 6.14. The van der Waals surface area contributed by atoms with Gasteiger partial charge in [-0.05, 0) is 49.9 Å². The van der Waals surface area contributed by atoms with E-state index in [1.54, 1.807) is 20.8 Å². The fraction of sp³-hybridized carbons (Fsp3) is 0.500. The number of ether oxygens (including phenoxy) is 1. The van der Waals surface area contributed by atoms with Gasteiger partial charge < -0.3 is 4.74 Å². The molecule has 0 heterocycles. The van der Waals surface area contributed by atoms with Crippen LogP contribution in [0.3, 0.4) is 0 Å². The molecule has 0 amide bonds. The molecule has 0 aliphatic carbocycles. The molecule has 112 valence electrons. The van der Waals surface area contributed by atoms with E-state index in [1.807, 2.05) is 13.8 Å². The van der Waals surface area contributed by atoms with Crippen molar-refractivity contribution in [1.82, 2.24) is 0 Å². The number of esters is 1. The van der Waals surface area contributed by atoms with Crippen LogP contribution in [0.4, 0.5) is 0 Å². The van der Waals surface area contributed by atoms with Crippen LogP contribution in [0.2, 0.25) is 0 Å². The third kappa shape index (κ3) is 3.96. The minimum Gasteiger partial charge on any atom is -0.459 e. The largest absolute Gasteiger partial charge is 0.459 e. The normalized spacial score (nSPS) is 13.3. The molecule has 0 aliphatic heterocycles. The number of rotatable bonds is 4. The molecule has 1 atom stereocenters. The molecule has 0 N–H and O–H groups in total. The Kier molecular flexibility index (Phi) is 5.21. The summed E-state index contributed by atoms with van der Waals surface area (Å²) in [5, 5.41) is 0. The first-order valence-corrected chi connectivity index (χ1v) is 8.62. The maximum atomic E-state index is 12.2. The Balaban J connectivity index is 3.24. The summed E-state index contributed by atoms with van der Waals surface area (Å²) >= 11 is 0. The minimum atomic E-state index is -3.88. The van der Waals surface area contributed by atoms with Gasteiger partial charge in [-0.1, -0.05) is 13.8 Å². The Morgan fingerprint density at radius 2 is 1.75 bits per heavy atom. The van der Waals surface area contributed by atoms with E-state index in [0.717, 1.165) is 0 Å². The number of hydrogen-bond acceptors (Lipinski definition) is 4. The first-order valence-electron chi connectivity index (χ1n) is 6.31. The highest BCUT2D eigenvalue weighted by atomic mass is 35.7. The van der Waals surface area contributed by atoms with Crippen molar-refractivity contribution < 1.29 is 17.9 Å². The van der Waals surface area contributed by atoms with Gasteiger partial charge in [0.15, 0.2) is 0 Å². The molecular weight excluding hydrogens is 300 g/mol. The highest BCUT2D eigenvalue weighted by Gasteiger charge is 2.21. The number of aryl methyl sites for hydroxylation is 1. The predicted octanol–water partition coefficient (Wildman–Crippen LogP) is 3.43. The summed E-state index contributed by atoms with van der Waals surface area (Å²) in [6, 6.07) is 2.71. The van der Waals surface area contributed by atoms with E-state index in [1.165, 1.54) is 12.1 Å². The van der Waals surface area contributed by atoms with Gasteiger partial charge in [-0.15, -0.1) is 0 Å². The van der Waals surface area contributed by atoms with Gasteiger partial charge in [0.1, 0.15) is 6.10 Å². The van der Waals surface area contributed by atoms with Crippen molar-refractivity contribution in [3.8, 4) is 0 Å². The summed E-state index contributed by atoms with van der Waals surface area (Å²) < 4.78 is 28.2. The van der Waals surface area contributed by atoms with Gasteiger partial charge in [0, 0.05) is 10.7 Å². The van der Waals surface area contributed by atoms with Crippen LogP contribution in [0, 0.1) is 19.8 Å². The van der Waals surface area contributed by atoms with E-state index in [2.05, 4.69) is 0 Å². The average molecular weight is 319 g/mol. The summed E-state index contributed by atoms with van der Waals surface area (Å²) in [5.41, 5.74) is 1.60. The molecule has 0 saturated heterocycles. The molecule has 6 heteroatoms. The van der Waals surface area contributed by atoms with E-state index in [0.29, 0.717) is 11.1 Å². The van der Waals surface area contributed by atoms with Crippen molar-refractivity contribution in [1.29, 1.82) is 0 Å². The zero-order chi connectivity index (χ0) is 15.7. The molecular formula is C14H19ClO4S. The maximum Gasteiger partial charge on any atom is 0.338 e. The fourth-order valence-corrected chi connectivity index (χ4v) is 2.39. The van der Waals surface area contributed by atoms with E-state index in [-0.39, 0.29) is 22.5 Å². The maximum absolute atomic E-state index is 12.2. The van der Waals surface area contributed by atoms with Crippen LogP contribution in [-0.2, 0) is 13.8 Å². The lowest BCUT2D eigenvalue weighted by Gasteiger charge is -2.18.